The van der Waals surface area contributed by atoms with E-state index in [0.717, 1.165) is 51.4 Å². The zero-order chi connectivity index (χ0) is 20.5. The molecule has 0 aromatic carbocycles. The van der Waals surface area contributed by atoms with Gasteiger partial charge in [0.25, 0.3) is 0 Å². The van der Waals surface area contributed by atoms with E-state index in [1.807, 2.05) is 0 Å². The van der Waals surface area contributed by atoms with Crippen LogP contribution in [0.1, 0.15) is 111 Å². The summed E-state index contributed by atoms with van der Waals surface area (Å²) in [5.74, 6) is -3.97. The van der Waals surface area contributed by atoms with E-state index in [4.69, 9.17) is 9.47 Å². The number of rotatable bonds is 17. The molecule has 0 aromatic rings. The quantitative estimate of drug-likeness (QED) is 0.215. The fraction of sp³-hybridized carbons (Fsp3) is 0.905. The second kappa shape index (κ2) is 15.9. The first-order valence-electron chi connectivity index (χ1n) is 10.7. The molecule has 0 aliphatic rings. The summed E-state index contributed by atoms with van der Waals surface area (Å²) < 4.78 is 9.76. The molecule has 0 heterocycles. The van der Waals surface area contributed by atoms with E-state index in [-0.39, 0.29) is 12.8 Å². The Labute approximate surface area is 164 Å². The van der Waals surface area contributed by atoms with Crippen LogP contribution in [0.25, 0.3) is 0 Å². The average molecular weight is 389 g/mol. The van der Waals surface area contributed by atoms with Crippen LogP contribution in [0.15, 0.2) is 0 Å². The molecule has 0 saturated heterocycles. The molecule has 0 bridgehead atoms. The zero-order valence-corrected chi connectivity index (χ0v) is 17.5. The van der Waals surface area contributed by atoms with Crippen molar-refractivity contribution in [2.45, 2.75) is 123 Å². The van der Waals surface area contributed by atoms with Crippen LogP contribution in [0.4, 0.5) is 0 Å². The predicted octanol–water partition coefficient (Wildman–Crippen LogP) is 4.60. The fourth-order valence-corrected chi connectivity index (χ4v) is 2.72. The van der Waals surface area contributed by atoms with Crippen LogP contribution in [0, 0.1) is 0 Å². The standard InChI is InChI=1S/C21H40O6/c1-4-6-8-10-12-14-16-19(23)26-21(25,18(3)22)27-20(24)17-15-13-11-9-7-5-2/h18,22,25H,4-17H2,1-3H3. The first-order valence-corrected chi connectivity index (χ1v) is 10.7. The first-order chi connectivity index (χ1) is 12.9. The third-order valence-electron chi connectivity index (χ3n) is 4.52. The number of hydrogen-bond donors (Lipinski definition) is 2. The maximum absolute atomic E-state index is 11.9. The highest BCUT2D eigenvalue weighted by Crippen LogP contribution is 2.19. The topological polar surface area (TPSA) is 93.1 Å². The molecular formula is C21H40O6. The van der Waals surface area contributed by atoms with Gasteiger partial charge in [-0.2, -0.15) is 0 Å². The van der Waals surface area contributed by atoms with E-state index in [2.05, 4.69) is 13.8 Å². The minimum absolute atomic E-state index is 0.121. The summed E-state index contributed by atoms with van der Waals surface area (Å²) in [5, 5.41) is 19.9. The van der Waals surface area contributed by atoms with Gasteiger partial charge in [-0.15, -0.1) is 0 Å². The van der Waals surface area contributed by atoms with E-state index >= 15 is 0 Å². The highest BCUT2D eigenvalue weighted by atomic mass is 16.8. The Balaban J connectivity index is 4.17. The second-order valence-corrected chi connectivity index (χ2v) is 7.29. The Bertz CT molecular complexity index is 364. The van der Waals surface area contributed by atoms with Crippen LogP contribution in [0.2, 0.25) is 0 Å². The lowest BCUT2D eigenvalue weighted by molar-refractivity contribution is -0.358. The van der Waals surface area contributed by atoms with Crippen molar-refractivity contribution in [3.8, 4) is 0 Å². The van der Waals surface area contributed by atoms with Crippen LogP contribution in [-0.4, -0.2) is 34.2 Å². The van der Waals surface area contributed by atoms with Crippen LogP contribution < -0.4 is 0 Å². The number of carbonyl (C=O) groups excluding carboxylic acids is 2. The molecule has 2 N–H and O–H groups in total. The van der Waals surface area contributed by atoms with Gasteiger partial charge in [-0.3, -0.25) is 9.59 Å². The largest absolute Gasteiger partial charge is 0.400 e. The zero-order valence-electron chi connectivity index (χ0n) is 17.5. The van der Waals surface area contributed by atoms with E-state index in [0.29, 0.717) is 12.8 Å². The van der Waals surface area contributed by atoms with Crippen molar-refractivity contribution in [1.82, 2.24) is 0 Å². The van der Waals surface area contributed by atoms with Crippen LogP contribution in [-0.2, 0) is 19.1 Å². The van der Waals surface area contributed by atoms with Crippen molar-refractivity contribution in [3.63, 3.8) is 0 Å². The van der Waals surface area contributed by atoms with Crippen LogP contribution in [0.5, 0.6) is 0 Å². The van der Waals surface area contributed by atoms with Gasteiger partial charge in [0.2, 0.25) is 0 Å². The summed E-state index contributed by atoms with van der Waals surface area (Å²) in [6.07, 6.45) is 10.9. The van der Waals surface area contributed by atoms with Gasteiger partial charge in [0.15, 0.2) is 6.10 Å². The number of esters is 2. The third kappa shape index (κ3) is 13.6. The minimum Gasteiger partial charge on any atom is -0.396 e. The number of aliphatic hydroxyl groups excluding tert-OH is 1. The highest BCUT2D eigenvalue weighted by Gasteiger charge is 2.41. The summed E-state index contributed by atoms with van der Waals surface area (Å²) in [6.45, 7) is 5.50. The van der Waals surface area contributed by atoms with Gasteiger partial charge in [0, 0.05) is 12.8 Å². The average Bonchev–Trinajstić information content (AvgIpc) is 2.60. The summed E-state index contributed by atoms with van der Waals surface area (Å²) >= 11 is 0. The SMILES string of the molecule is CCCCCCCCC(=O)OC(O)(OC(=O)CCCCCCCC)C(C)O. The molecule has 0 spiro atoms. The third-order valence-corrected chi connectivity index (χ3v) is 4.52. The first kappa shape index (κ1) is 25.9. The Hall–Kier alpha value is -1.14. The van der Waals surface area contributed by atoms with Crippen molar-refractivity contribution >= 4 is 11.9 Å². The molecule has 6 nitrogen and oxygen atoms in total. The summed E-state index contributed by atoms with van der Waals surface area (Å²) in [5.41, 5.74) is 0. The Morgan fingerprint density at radius 1 is 0.741 bits per heavy atom. The van der Waals surface area contributed by atoms with Gasteiger partial charge in [-0.25, -0.2) is 0 Å². The number of carbonyl (C=O) groups is 2. The molecule has 0 aromatic heterocycles. The fourth-order valence-electron chi connectivity index (χ4n) is 2.72. The number of aliphatic hydroxyl groups is 2. The molecule has 6 heteroatoms. The summed E-state index contributed by atoms with van der Waals surface area (Å²) in [6, 6.07) is 0. The van der Waals surface area contributed by atoms with E-state index < -0.39 is 24.0 Å². The maximum Gasteiger partial charge on any atom is 0.400 e. The van der Waals surface area contributed by atoms with Gasteiger partial charge in [-0.1, -0.05) is 78.1 Å². The highest BCUT2D eigenvalue weighted by molar-refractivity contribution is 5.71. The molecule has 0 amide bonds. The summed E-state index contributed by atoms with van der Waals surface area (Å²) in [7, 11) is 0. The molecule has 1 atom stereocenters. The predicted molar refractivity (Wildman–Crippen MR) is 105 cm³/mol. The lowest BCUT2D eigenvalue weighted by atomic mass is 10.1. The van der Waals surface area contributed by atoms with E-state index in [1.54, 1.807) is 0 Å². The van der Waals surface area contributed by atoms with Gasteiger partial charge >= 0.3 is 17.9 Å². The number of unbranched alkanes of at least 4 members (excludes halogenated alkanes) is 10. The molecule has 0 saturated carbocycles. The van der Waals surface area contributed by atoms with E-state index in [1.165, 1.54) is 19.8 Å². The molecule has 0 aliphatic carbocycles. The molecule has 0 rings (SSSR count). The van der Waals surface area contributed by atoms with Crippen molar-refractivity contribution < 1.29 is 29.3 Å². The van der Waals surface area contributed by atoms with Crippen molar-refractivity contribution in [1.29, 1.82) is 0 Å². The Kier molecular flexibility index (Phi) is 15.2. The van der Waals surface area contributed by atoms with Gasteiger partial charge < -0.3 is 19.7 Å². The van der Waals surface area contributed by atoms with Gasteiger partial charge in [-0.05, 0) is 19.8 Å². The molecule has 1 unspecified atom stereocenters. The van der Waals surface area contributed by atoms with E-state index in [9.17, 15) is 19.8 Å². The lowest BCUT2D eigenvalue weighted by Crippen LogP contribution is -2.48. The maximum atomic E-state index is 11.9. The van der Waals surface area contributed by atoms with Gasteiger partial charge in [0.05, 0.1) is 0 Å². The normalized spacial score (nSPS) is 12.6. The number of hydrogen-bond acceptors (Lipinski definition) is 6. The molecule has 0 fully saturated rings. The minimum atomic E-state index is -2.61. The molecular weight excluding hydrogens is 348 g/mol. The van der Waals surface area contributed by atoms with Crippen LogP contribution >= 0.6 is 0 Å². The monoisotopic (exact) mass is 388 g/mol. The molecule has 27 heavy (non-hydrogen) atoms. The Morgan fingerprint density at radius 2 is 1.07 bits per heavy atom. The smallest absolute Gasteiger partial charge is 0.396 e. The molecule has 160 valence electrons. The second-order valence-electron chi connectivity index (χ2n) is 7.29. The molecule has 0 radical (unpaired) electrons. The van der Waals surface area contributed by atoms with Crippen LogP contribution in [0.3, 0.4) is 0 Å². The lowest BCUT2D eigenvalue weighted by Gasteiger charge is -2.29. The Morgan fingerprint density at radius 3 is 1.41 bits per heavy atom. The molecule has 0 aliphatic heterocycles. The number of ether oxygens (including phenoxy) is 2. The van der Waals surface area contributed by atoms with Gasteiger partial charge in [0.1, 0.15) is 0 Å². The summed E-state index contributed by atoms with van der Waals surface area (Å²) in [4.78, 5) is 23.8. The van der Waals surface area contributed by atoms with Crippen molar-refractivity contribution in [2.75, 3.05) is 0 Å². The van der Waals surface area contributed by atoms with Crippen molar-refractivity contribution in [3.05, 3.63) is 0 Å². The van der Waals surface area contributed by atoms with Crippen molar-refractivity contribution in [2.24, 2.45) is 0 Å².